The highest BCUT2D eigenvalue weighted by molar-refractivity contribution is 6.25. The number of hydrogen-bond donors (Lipinski definition) is 5. The summed E-state index contributed by atoms with van der Waals surface area (Å²) < 4.78 is 5.63. The zero-order valence-corrected chi connectivity index (χ0v) is 14.6. The van der Waals surface area contributed by atoms with E-state index in [4.69, 9.17) is 21.4 Å². The molecule has 6 nitrogen and oxygen atoms in total. The molecule has 0 aromatic heterocycles. The first-order valence-electron chi connectivity index (χ1n) is 7.92. The minimum Gasteiger partial charge on any atom is -0.457 e. The van der Waals surface area contributed by atoms with E-state index < -0.39 is 30.0 Å². The number of hydrogen-bond acceptors (Lipinski definition) is 6. The summed E-state index contributed by atoms with van der Waals surface area (Å²) in [5.74, 6) is 0.0893. The normalized spacial score (nSPS) is 17.8. The van der Waals surface area contributed by atoms with E-state index in [1.165, 1.54) is 6.08 Å². The lowest BCUT2D eigenvalue weighted by molar-refractivity contribution is -0.124. The Balaban J connectivity index is 2.40. The smallest absolute Gasteiger partial charge is 0.225 e. The van der Waals surface area contributed by atoms with E-state index in [-0.39, 0.29) is 5.76 Å². The number of alkyl halides is 1. The molecule has 0 saturated heterocycles. The summed E-state index contributed by atoms with van der Waals surface area (Å²) in [7, 11) is 0. The molecule has 0 radical (unpaired) electrons. The summed E-state index contributed by atoms with van der Waals surface area (Å²) in [5.41, 5.74) is 0.627. The van der Waals surface area contributed by atoms with Crippen molar-refractivity contribution in [3.05, 3.63) is 72.0 Å². The lowest BCUT2D eigenvalue weighted by Crippen LogP contribution is -2.52. The summed E-state index contributed by atoms with van der Waals surface area (Å²) in [6.07, 6.45) is -4.22. The van der Waals surface area contributed by atoms with Crippen molar-refractivity contribution in [2.75, 3.05) is 6.61 Å². The Labute approximate surface area is 156 Å². The Bertz CT molecular complexity index is 704. The Morgan fingerprint density at radius 3 is 2.08 bits per heavy atom. The van der Waals surface area contributed by atoms with Crippen LogP contribution in [0.1, 0.15) is 5.56 Å². The monoisotopic (exact) mass is 380 g/mol. The Morgan fingerprint density at radius 2 is 1.54 bits per heavy atom. The Morgan fingerprint density at radius 1 is 1.00 bits per heavy atom. The van der Waals surface area contributed by atoms with Gasteiger partial charge in [-0.25, -0.2) is 0 Å². The molecule has 140 valence electrons. The molecule has 4 atom stereocenters. The average molecular weight is 381 g/mol. The topological polar surface area (TPSA) is 110 Å². The van der Waals surface area contributed by atoms with Crippen LogP contribution in [0.4, 0.5) is 0 Å². The minimum atomic E-state index is -2.57. The lowest BCUT2D eigenvalue weighted by Gasteiger charge is -2.33. The van der Waals surface area contributed by atoms with Crippen molar-refractivity contribution in [3.63, 3.8) is 0 Å². The highest BCUT2D eigenvalue weighted by Gasteiger charge is 2.45. The van der Waals surface area contributed by atoms with Crippen molar-refractivity contribution in [1.82, 2.24) is 0 Å². The van der Waals surface area contributed by atoms with Crippen LogP contribution in [-0.2, 0) is 0 Å². The molecular weight excluding hydrogens is 360 g/mol. The van der Waals surface area contributed by atoms with Crippen molar-refractivity contribution < 1.29 is 30.3 Å². The van der Waals surface area contributed by atoms with Crippen LogP contribution in [0.2, 0.25) is 0 Å². The SMILES string of the molecule is OCC(O)C(O)C(O)[C@](O)(Cl)C(=Cc1ccccc1)Oc1ccccc1. The second kappa shape index (κ2) is 9.14. The van der Waals surface area contributed by atoms with Gasteiger partial charge in [0.15, 0.2) is 5.76 Å². The fraction of sp³-hybridized carbons (Fsp3) is 0.263. The van der Waals surface area contributed by atoms with Crippen molar-refractivity contribution in [1.29, 1.82) is 0 Å². The molecule has 0 spiro atoms. The quantitative estimate of drug-likeness (QED) is 0.346. The predicted molar refractivity (Wildman–Crippen MR) is 97.4 cm³/mol. The van der Waals surface area contributed by atoms with Gasteiger partial charge in [0.05, 0.1) is 6.61 Å². The summed E-state index contributed by atoms with van der Waals surface area (Å²) in [4.78, 5) is 0. The number of aliphatic hydroxyl groups excluding tert-OH is 4. The van der Waals surface area contributed by atoms with Crippen molar-refractivity contribution >= 4 is 17.7 Å². The first-order valence-corrected chi connectivity index (χ1v) is 8.30. The molecule has 0 heterocycles. The van der Waals surface area contributed by atoms with Gasteiger partial charge in [-0.15, -0.1) is 0 Å². The van der Waals surface area contributed by atoms with Crippen LogP contribution in [0.15, 0.2) is 66.4 Å². The lowest BCUT2D eigenvalue weighted by atomic mass is 10.00. The molecule has 0 fully saturated rings. The summed E-state index contributed by atoms with van der Waals surface area (Å²) in [5, 5.41) is 46.7. The van der Waals surface area contributed by atoms with E-state index in [1.807, 2.05) is 0 Å². The zero-order valence-electron chi connectivity index (χ0n) is 13.8. The third-order valence-corrected chi connectivity index (χ3v) is 4.12. The van der Waals surface area contributed by atoms with E-state index in [0.29, 0.717) is 11.3 Å². The van der Waals surface area contributed by atoms with Crippen molar-refractivity contribution in [2.45, 2.75) is 23.4 Å². The third-order valence-electron chi connectivity index (χ3n) is 3.71. The molecule has 26 heavy (non-hydrogen) atoms. The Hall–Kier alpha value is -1.93. The number of ether oxygens (including phenoxy) is 1. The van der Waals surface area contributed by atoms with E-state index in [0.717, 1.165) is 0 Å². The predicted octanol–water partition coefficient (Wildman–Crippen LogP) is 1.11. The van der Waals surface area contributed by atoms with Gasteiger partial charge in [0.1, 0.15) is 24.1 Å². The van der Waals surface area contributed by atoms with Crippen LogP contribution in [0.5, 0.6) is 5.75 Å². The van der Waals surface area contributed by atoms with Gasteiger partial charge in [-0.1, -0.05) is 60.1 Å². The molecule has 3 unspecified atom stereocenters. The Kier molecular flexibility index (Phi) is 7.16. The third kappa shape index (κ3) is 5.04. The summed E-state index contributed by atoms with van der Waals surface area (Å²) in [6.45, 7) is -0.817. The highest BCUT2D eigenvalue weighted by Crippen LogP contribution is 2.32. The standard InChI is InChI=1S/C19H21ClO6/c20-19(25,18(24)17(23)15(22)12-21)16(11-13-7-3-1-4-8-13)26-14-9-5-2-6-10-14/h1-11,15,17-18,21-25H,12H2/t15?,17?,18?,19-/m0/s1. The zero-order chi connectivity index (χ0) is 19.2. The largest absolute Gasteiger partial charge is 0.457 e. The van der Waals surface area contributed by atoms with Gasteiger partial charge in [-0.3, -0.25) is 0 Å². The van der Waals surface area contributed by atoms with Gasteiger partial charge in [-0.05, 0) is 23.8 Å². The maximum Gasteiger partial charge on any atom is 0.225 e. The molecule has 2 rings (SSSR count). The van der Waals surface area contributed by atoms with Crippen LogP contribution >= 0.6 is 11.6 Å². The van der Waals surface area contributed by atoms with E-state index in [9.17, 15) is 20.4 Å². The van der Waals surface area contributed by atoms with E-state index in [1.54, 1.807) is 60.7 Å². The highest BCUT2D eigenvalue weighted by atomic mass is 35.5. The average Bonchev–Trinajstić information content (AvgIpc) is 2.67. The molecule has 5 N–H and O–H groups in total. The van der Waals surface area contributed by atoms with E-state index >= 15 is 0 Å². The second-order valence-electron chi connectivity index (χ2n) is 5.69. The molecule has 7 heteroatoms. The molecule has 0 amide bonds. The summed E-state index contributed by atoms with van der Waals surface area (Å²) >= 11 is 6.11. The van der Waals surface area contributed by atoms with Crippen LogP contribution < -0.4 is 4.74 Å². The molecule has 0 aliphatic heterocycles. The van der Waals surface area contributed by atoms with Gasteiger partial charge >= 0.3 is 0 Å². The van der Waals surface area contributed by atoms with Gasteiger partial charge in [0.25, 0.3) is 0 Å². The van der Waals surface area contributed by atoms with Crippen LogP contribution in [0.3, 0.4) is 0 Å². The number of aliphatic hydroxyl groups is 5. The van der Waals surface area contributed by atoms with Gasteiger partial charge in [0.2, 0.25) is 5.06 Å². The molecular formula is C19H21ClO6. The van der Waals surface area contributed by atoms with Crippen molar-refractivity contribution in [3.8, 4) is 5.75 Å². The number of benzene rings is 2. The fourth-order valence-corrected chi connectivity index (χ4v) is 2.43. The maximum atomic E-state index is 10.6. The first kappa shape index (κ1) is 20.4. The van der Waals surface area contributed by atoms with Crippen LogP contribution in [-0.4, -0.2) is 55.5 Å². The second-order valence-corrected chi connectivity index (χ2v) is 6.27. The summed E-state index contributed by atoms with van der Waals surface area (Å²) in [6, 6.07) is 17.2. The van der Waals surface area contributed by atoms with Crippen LogP contribution in [0.25, 0.3) is 6.08 Å². The van der Waals surface area contributed by atoms with Gasteiger partial charge in [-0.2, -0.15) is 0 Å². The number of para-hydroxylation sites is 1. The fourth-order valence-electron chi connectivity index (χ4n) is 2.21. The van der Waals surface area contributed by atoms with E-state index in [2.05, 4.69) is 0 Å². The molecule has 0 aliphatic rings. The van der Waals surface area contributed by atoms with Crippen LogP contribution in [0, 0.1) is 0 Å². The number of rotatable bonds is 8. The maximum absolute atomic E-state index is 10.6. The molecule has 0 saturated carbocycles. The molecule has 0 bridgehead atoms. The van der Waals surface area contributed by atoms with Gasteiger partial charge in [0, 0.05) is 0 Å². The number of halogens is 1. The molecule has 2 aromatic carbocycles. The minimum absolute atomic E-state index is 0.256. The van der Waals surface area contributed by atoms with Crippen molar-refractivity contribution in [2.24, 2.45) is 0 Å². The van der Waals surface area contributed by atoms with Gasteiger partial charge < -0.3 is 30.3 Å². The molecule has 2 aromatic rings. The first-order chi connectivity index (χ1) is 12.4. The molecule has 0 aliphatic carbocycles.